The zero-order valence-electron chi connectivity index (χ0n) is 16.1. The number of carbonyl (C=O) groups is 2. The van der Waals surface area contributed by atoms with Gasteiger partial charge in [-0.05, 0) is 31.5 Å². The zero-order chi connectivity index (χ0) is 19.4. The Morgan fingerprint density at radius 1 is 1.07 bits per heavy atom. The van der Waals surface area contributed by atoms with Gasteiger partial charge in [0.15, 0.2) is 0 Å². The second-order valence-electron chi connectivity index (χ2n) is 6.65. The van der Waals surface area contributed by atoms with E-state index in [1.165, 1.54) is 5.56 Å². The lowest BCUT2D eigenvalue weighted by atomic mass is 10.2. The van der Waals surface area contributed by atoms with Gasteiger partial charge in [-0.3, -0.25) is 9.59 Å². The van der Waals surface area contributed by atoms with Crippen molar-refractivity contribution in [1.29, 1.82) is 0 Å². The van der Waals surface area contributed by atoms with Gasteiger partial charge in [0.25, 0.3) is 5.91 Å². The van der Waals surface area contributed by atoms with Crippen LogP contribution >= 0.6 is 0 Å². The van der Waals surface area contributed by atoms with E-state index in [9.17, 15) is 9.59 Å². The van der Waals surface area contributed by atoms with Gasteiger partial charge in [-0.25, -0.2) is 9.97 Å². The molecule has 0 bridgehead atoms. The Morgan fingerprint density at radius 3 is 2.26 bits per heavy atom. The number of anilines is 2. The van der Waals surface area contributed by atoms with Gasteiger partial charge in [-0.1, -0.05) is 12.1 Å². The highest BCUT2D eigenvalue weighted by Gasteiger charge is 2.24. The van der Waals surface area contributed by atoms with Crippen LogP contribution in [0.25, 0.3) is 0 Å². The zero-order valence-corrected chi connectivity index (χ0v) is 16.1. The van der Waals surface area contributed by atoms with Crippen LogP contribution in [0.5, 0.6) is 0 Å². The molecule has 1 aromatic carbocycles. The molecule has 0 radical (unpaired) electrons. The number of amides is 2. The predicted octanol–water partition coefficient (Wildman–Crippen LogP) is 2.25. The van der Waals surface area contributed by atoms with Gasteiger partial charge in [0.05, 0.1) is 5.56 Å². The minimum Gasteiger partial charge on any atom is -0.339 e. The number of aromatic nitrogens is 2. The van der Waals surface area contributed by atoms with E-state index >= 15 is 0 Å². The van der Waals surface area contributed by atoms with Crippen molar-refractivity contribution in [2.45, 2.75) is 20.8 Å². The van der Waals surface area contributed by atoms with Crippen LogP contribution in [-0.2, 0) is 4.79 Å². The lowest BCUT2D eigenvalue weighted by Crippen LogP contribution is -2.50. The van der Waals surface area contributed by atoms with Crippen LogP contribution in [0.2, 0.25) is 0 Å². The quantitative estimate of drug-likeness (QED) is 0.829. The SMILES string of the molecule is CCN(c1cccc(C)c1)c1ncc(C(=O)N2CCN(C(C)=O)CC2)cn1. The van der Waals surface area contributed by atoms with Gasteiger partial charge in [-0.2, -0.15) is 0 Å². The number of nitrogens with zero attached hydrogens (tertiary/aromatic N) is 5. The molecule has 0 aliphatic carbocycles. The van der Waals surface area contributed by atoms with Gasteiger partial charge >= 0.3 is 0 Å². The highest BCUT2D eigenvalue weighted by Crippen LogP contribution is 2.22. The number of hydrogen-bond acceptors (Lipinski definition) is 5. The number of piperazine rings is 1. The van der Waals surface area contributed by atoms with E-state index in [1.807, 2.05) is 36.9 Å². The average molecular weight is 367 g/mol. The third-order valence-corrected chi connectivity index (χ3v) is 4.77. The Labute approximate surface area is 159 Å². The maximum absolute atomic E-state index is 12.7. The molecule has 0 unspecified atom stereocenters. The molecular weight excluding hydrogens is 342 g/mol. The predicted molar refractivity (Wildman–Crippen MR) is 104 cm³/mol. The smallest absolute Gasteiger partial charge is 0.257 e. The highest BCUT2D eigenvalue weighted by molar-refractivity contribution is 5.94. The van der Waals surface area contributed by atoms with E-state index in [0.29, 0.717) is 37.7 Å². The van der Waals surface area contributed by atoms with E-state index in [4.69, 9.17) is 0 Å². The third kappa shape index (κ3) is 4.24. The number of rotatable bonds is 4. The molecule has 3 rings (SSSR count). The molecule has 0 N–H and O–H groups in total. The van der Waals surface area contributed by atoms with Crippen LogP contribution in [0.4, 0.5) is 11.6 Å². The van der Waals surface area contributed by atoms with Gasteiger partial charge < -0.3 is 14.7 Å². The molecule has 1 saturated heterocycles. The standard InChI is InChI=1S/C20H25N5O2/c1-4-25(18-7-5-6-15(2)12-18)20-21-13-17(14-22-20)19(27)24-10-8-23(9-11-24)16(3)26/h5-7,12-14H,4,8-11H2,1-3H3. The molecule has 1 fully saturated rings. The highest BCUT2D eigenvalue weighted by atomic mass is 16.2. The molecule has 1 aliphatic heterocycles. The van der Waals surface area contributed by atoms with E-state index < -0.39 is 0 Å². The van der Waals surface area contributed by atoms with Crippen molar-refractivity contribution in [3.63, 3.8) is 0 Å². The summed E-state index contributed by atoms with van der Waals surface area (Å²) in [5.74, 6) is 0.523. The normalized spacial score (nSPS) is 14.2. The van der Waals surface area contributed by atoms with Gasteiger partial charge in [0.2, 0.25) is 11.9 Å². The summed E-state index contributed by atoms with van der Waals surface area (Å²) in [6, 6.07) is 8.16. The minimum absolute atomic E-state index is 0.0468. The number of benzene rings is 1. The van der Waals surface area contributed by atoms with Crippen molar-refractivity contribution in [1.82, 2.24) is 19.8 Å². The van der Waals surface area contributed by atoms with Crippen LogP contribution in [0.15, 0.2) is 36.7 Å². The molecular formula is C20H25N5O2. The first-order valence-corrected chi connectivity index (χ1v) is 9.20. The number of aryl methyl sites for hydroxylation is 1. The third-order valence-electron chi connectivity index (χ3n) is 4.77. The summed E-state index contributed by atoms with van der Waals surface area (Å²) < 4.78 is 0. The Balaban J connectivity index is 1.71. The van der Waals surface area contributed by atoms with E-state index in [2.05, 4.69) is 16.0 Å². The fourth-order valence-electron chi connectivity index (χ4n) is 3.21. The largest absolute Gasteiger partial charge is 0.339 e. The van der Waals surface area contributed by atoms with Crippen LogP contribution in [0.1, 0.15) is 29.8 Å². The Morgan fingerprint density at radius 2 is 1.70 bits per heavy atom. The van der Waals surface area contributed by atoms with Gasteiger partial charge in [-0.15, -0.1) is 0 Å². The van der Waals surface area contributed by atoms with E-state index in [1.54, 1.807) is 29.1 Å². The van der Waals surface area contributed by atoms with Crippen molar-refractivity contribution < 1.29 is 9.59 Å². The summed E-state index contributed by atoms with van der Waals surface area (Å²) in [7, 11) is 0. The van der Waals surface area contributed by atoms with Crippen molar-refractivity contribution in [3.05, 3.63) is 47.8 Å². The van der Waals surface area contributed by atoms with Crippen molar-refractivity contribution in [3.8, 4) is 0 Å². The first kappa shape index (κ1) is 18.8. The topological polar surface area (TPSA) is 69.6 Å². The van der Waals surface area contributed by atoms with E-state index in [-0.39, 0.29) is 11.8 Å². The second-order valence-corrected chi connectivity index (χ2v) is 6.65. The first-order chi connectivity index (χ1) is 13.0. The summed E-state index contributed by atoms with van der Waals surface area (Å²) in [4.78, 5) is 38.4. The van der Waals surface area contributed by atoms with Crippen molar-refractivity contribution >= 4 is 23.5 Å². The molecule has 1 aromatic heterocycles. The van der Waals surface area contributed by atoms with Crippen LogP contribution < -0.4 is 4.90 Å². The van der Waals surface area contributed by atoms with Crippen LogP contribution in [0.3, 0.4) is 0 Å². The molecule has 7 nitrogen and oxygen atoms in total. The lowest BCUT2D eigenvalue weighted by molar-refractivity contribution is -0.130. The van der Waals surface area contributed by atoms with Crippen molar-refractivity contribution in [2.75, 3.05) is 37.6 Å². The Hall–Kier alpha value is -2.96. The number of carbonyl (C=O) groups excluding carboxylic acids is 2. The maximum atomic E-state index is 12.7. The molecule has 2 aromatic rings. The fourth-order valence-corrected chi connectivity index (χ4v) is 3.21. The molecule has 7 heteroatoms. The average Bonchev–Trinajstić information content (AvgIpc) is 2.69. The summed E-state index contributed by atoms with van der Waals surface area (Å²) >= 11 is 0. The molecule has 0 saturated carbocycles. The summed E-state index contributed by atoms with van der Waals surface area (Å²) in [5.41, 5.74) is 2.66. The van der Waals surface area contributed by atoms with Crippen LogP contribution in [0, 0.1) is 6.92 Å². The van der Waals surface area contributed by atoms with Crippen molar-refractivity contribution in [2.24, 2.45) is 0 Å². The minimum atomic E-state index is -0.0941. The van der Waals surface area contributed by atoms with Gasteiger partial charge in [0, 0.05) is 57.7 Å². The summed E-state index contributed by atoms with van der Waals surface area (Å²) in [5, 5.41) is 0. The summed E-state index contributed by atoms with van der Waals surface area (Å²) in [6.07, 6.45) is 3.17. The molecule has 27 heavy (non-hydrogen) atoms. The van der Waals surface area contributed by atoms with Gasteiger partial charge in [0.1, 0.15) is 0 Å². The monoisotopic (exact) mass is 367 g/mol. The Kier molecular flexibility index (Phi) is 5.69. The fraction of sp³-hybridized carbons (Fsp3) is 0.400. The van der Waals surface area contributed by atoms with E-state index in [0.717, 1.165) is 12.2 Å². The molecule has 1 aliphatic rings. The molecule has 2 amide bonds. The lowest BCUT2D eigenvalue weighted by Gasteiger charge is -2.34. The first-order valence-electron chi connectivity index (χ1n) is 9.20. The number of hydrogen-bond donors (Lipinski definition) is 0. The molecule has 2 heterocycles. The Bertz CT molecular complexity index is 813. The molecule has 142 valence electrons. The molecule has 0 spiro atoms. The molecule has 0 atom stereocenters. The van der Waals surface area contributed by atoms with Crippen LogP contribution in [-0.4, -0.2) is 64.3 Å². The maximum Gasteiger partial charge on any atom is 0.257 e. The second kappa shape index (κ2) is 8.16. The summed E-state index contributed by atoms with van der Waals surface area (Å²) in [6.45, 7) is 8.57.